The molecule has 0 bridgehead atoms. The molecule has 1 fully saturated rings. The van der Waals surface area contributed by atoms with E-state index in [1.165, 1.54) is 6.33 Å². The van der Waals surface area contributed by atoms with Crippen molar-refractivity contribution >= 4 is 23.1 Å². The number of nitrogens with zero attached hydrogens (tertiary/aromatic N) is 5. The number of anilines is 1. The van der Waals surface area contributed by atoms with Gasteiger partial charge in [-0.05, 0) is 69.2 Å². The Hall–Kier alpha value is -5.12. The number of likely N-dealkylation sites (tertiary alicyclic amines) is 1. The number of fused-ring (bicyclic) bond motifs is 1. The standard InChI is InChI=1S/C33H34N6O4/c1-33(2,3)43-32(41)37-19-18-25(21-37)39-30-28(29(35-22-36-30)34-20-23-10-6-4-7-11-23)38(31(39)40)24-14-16-27(17-15-24)42-26-12-8-5-9-13-26/h4-17,22,25H,18-21H2,1-3H3,(H,34,35,36)/t25-/m1/s1. The Morgan fingerprint density at radius 1 is 0.930 bits per heavy atom. The molecule has 10 nitrogen and oxygen atoms in total. The second-order valence-corrected chi connectivity index (χ2v) is 11.5. The minimum atomic E-state index is -0.606. The normalized spacial score (nSPS) is 15.0. The maximum Gasteiger partial charge on any atom is 0.410 e. The Kier molecular flexibility index (Phi) is 7.58. The summed E-state index contributed by atoms with van der Waals surface area (Å²) >= 11 is 0. The molecule has 1 amide bonds. The molecule has 0 spiro atoms. The van der Waals surface area contributed by atoms with Crippen LogP contribution in [0.1, 0.15) is 38.8 Å². The first-order valence-electron chi connectivity index (χ1n) is 14.3. The number of nitrogens with one attached hydrogen (secondary N) is 1. The number of amides is 1. The Bertz CT molecular complexity index is 1780. The van der Waals surface area contributed by atoms with Crippen LogP contribution in [-0.4, -0.2) is 48.8 Å². The predicted octanol–water partition coefficient (Wildman–Crippen LogP) is 6.17. The summed E-state index contributed by atoms with van der Waals surface area (Å²) < 4.78 is 14.9. The summed E-state index contributed by atoms with van der Waals surface area (Å²) in [7, 11) is 0. The molecule has 220 valence electrons. The van der Waals surface area contributed by atoms with Crippen molar-refractivity contribution in [2.24, 2.45) is 0 Å². The van der Waals surface area contributed by atoms with Crippen molar-refractivity contribution in [3.63, 3.8) is 0 Å². The van der Waals surface area contributed by atoms with Gasteiger partial charge < -0.3 is 19.7 Å². The van der Waals surface area contributed by atoms with Gasteiger partial charge in [0.15, 0.2) is 11.5 Å². The number of hydrogen-bond acceptors (Lipinski definition) is 7. The third kappa shape index (κ3) is 6.08. The van der Waals surface area contributed by atoms with Crippen LogP contribution in [0.5, 0.6) is 11.5 Å². The lowest BCUT2D eigenvalue weighted by Gasteiger charge is -2.24. The number of imidazole rings is 1. The number of benzene rings is 3. The number of ether oxygens (including phenoxy) is 2. The highest BCUT2D eigenvalue weighted by atomic mass is 16.6. The average molecular weight is 579 g/mol. The smallest absolute Gasteiger partial charge is 0.410 e. The van der Waals surface area contributed by atoms with E-state index in [0.29, 0.717) is 54.5 Å². The Morgan fingerprint density at radius 2 is 1.60 bits per heavy atom. The molecule has 0 radical (unpaired) electrons. The van der Waals surface area contributed by atoms with E-state index in [2.05, 4.69) is 15.3 Å². The van der Waals surface area contributed by atoms with Crippen molar-refractivity contribution < 1.29 is 14.3 Å². The summed E-state index contributed by atoms with van der Waals surface area (Å²) in [6, 6.07) is 26.6. The van der Waals surface area contributed by atoms with E-state index in [9.17, 15) is 9.59 Å². The largest absolute Gasteiger partial charge is 0.457 e. The van der Waals surface area contributed by atoms with Gasteiger partial charge in [0, 0.05) is 19.6 Å². The molecular formula is C33H34N6O4. The second kappa shape index (κ2) is 11.6. The molecule has 5 aromatic rings. The number of aromatic nitrogens is 4. The molecule has 0 aliphatic carbocycles. The van der Waals surface area contributed by atoms with Crippen LogP contribution in [0.2, 0.25) is 0 Å². The average Bonchev–Trinajstić information content (AvgIpc) is 3.59. The number of carbonyl (C=O) groups excluding carboxylic acids is 1. The van der Waals surface area contributed by atoms with E-state index in [1.54, 1.807) is 14.0 Å². The fourth-order valence-electron chi connectivity index (χ4n) is 5.26. The third-order valence-corrected chi connectivity index (χ3v) is 7.21. The Balaban J connectivity index is 1.39. The lowest BCUT2D eigenvalue weighted by molar-refractivity contribution is 0.0289. The minimum Gasteiger partial charge on any atom is -0.457 e. The van der Waals surface area contributed by atoms with E-state index in [-0.39, 0.29) is 17.8 Å². The molecule has 1 N–H and O–H groups in total. The van der Waals surface area contributed by atoms with Gasteiger partial charge in [0.1, 0.15) is 28.9 Å². The van der Waals surface area contributed by atoms with Gasteiger partial charge >= 0.3 is 11.8 Å². The van der Waals surface area contributed by atoms with Gasteiger partial charge in [-0.2, -0.15) is 0 Å². The molecule has 1 aliphatic heterocycles. The van der Waals surface area contributed by atoms with Crippen molar-refractivity contribution in [3.8, 4) is 17.2 Å². The van der Waals surface area contributed by atoms with Gasteiger partial charge in [0.25, 0.3) is 0 Å². The van der Waals surface area contributed by atoms with Gasteiger partial charge in [0.05, 0.1) is 11.7 Å². The van der Waals surface area contributed by atoms with Gasteiger partial charge in [0.2, 0.25) is 0 Å². The van der Waals surface area contributed by atoms with Crippen molar-refractivity contribution in [1.29, 1.82) is 0 Å². The Labute approximate surface area is 249 Å². The maximum atomic E-state index is 14.2. The molecule has 43 heavy (non-hydrogen) atoms. The highest BCUT2D eigenvalue weighted by Crippen LogP contribution is 2.30. The summed E-state index contributed by atoms with van der Waals surface area (Å²) in [5.41, 5.74) is 1.92. The first-order valence-corrected chi connectivity index (χ1v) is 14.3. The highest BCUT2D eigenvalue weighted by molar-refractivity contribution is 5.85. The van der Waals surface area contributed by atoms with E-state index in [0.717, 1.165) is 11.3 Å². The first kappa shape index (κ1) is 28.0. The minimum absolute atomic E-state index is 0.258. The van der Waals surface area contributed by atoms with Crippen molar-refractivity contribution in [2.75, 3.05) is 18.4 Å². The Morgan fingerprint density at radius 3 is 2.30 bits per heavy atom. The van der Waals surface area contributed by atoms with Gasteiger partial charge in [-0.15, -0.1) is 0 Å². The van der Waals surface area contributed by atoms with Crippen LogP contribution in [0, 0.1) is 0 Å². The molecule has 3 heterocycles. The zero-order chi connectivity index (χ0) is 30.0. The van der Waals surface area contributed by atoms with Crippen LogP contribution in [0.3, 0.4) is 0 Å². The first-order chi connectivity index (χ1) is 20.8. The fraction of sp³-hybridized carbons (Fsp3) is 0.273. The topological polar surface area (TPSA) is 104 Å². The molecule has 0 saturated carbocycles. The molecule has 1 atom stereocenters. The van der Waals surface area contributed by atoms with Crippen LogP contribution < -0.4 is 15.7 Å². The molecule has 6 rings (SSSR count). The van der Waals surface area contributed by atoms with Gasteiger partial charge in [-0.3, -0.25) is 9.13 Å². The van der Waals surface area contributed by atoms with Crippen LogP contribution in [-0.2, 0) is 11.3 Å². The highest BCUT2D eigenvalue weighted by Gasteiger charge is 2.34. The summed E-state index contributed by atoms with van der Waals surface area (Å²) in [5.74, 6) is 1.91. The molecular weight excluding hydrogens is 544 g/mol. The predicted molar refractivity (Wildman–Crippen MR) is 165 cm³/mol. The van der Waals surface area contributed by atoms with Crippen LogP contribution in [0.25, 0.3) is 16.9 Å². The molecule has 3 aromatic carbocycles. The lowest BCUT2D eigenvalue weighted by atomic mass is 10.2. The van der Waals surface area contributed by atoms with Crippen LogP contribution in [0.15, 0.2) is 96.1 Å². The second-order valence-electron chi connectivity index (χ2n) is 11.5. The van der Waals surface area contributed by atoms with Crippen molar-refractivity contribution in [3.05, 3.63) is 107 Å². The summed E-state index contributed by atoms with van der Waals surface area (Å²) in [6.07, 6.45) is 1.67. The zero-order valence-corrected chi connectivity index (χ0v) is 24.4. The maximum absolute atomic E-state index is 14.2. The van der Waals surface area contributed by atoms with Crippen LogP contribution >= 0.6 is 0 Å². The monoisotopic (exact) mass is 578 g/mol. The molecule has 0 unspecified atom stereocenters. The van der Waals surface area contributed by atoms with E-state index in [4.69, 9.17) is 9.47 Å². The van der Waals surface area contributed by atoms with E-state index in [1.807, 2.05) is 106 Å². The number of hydrogen-bond donors (Lipinski definition) is 1. The lowest BCUT2D eigenvalue weighted by Crippen LogP contribution is -2.36. The number of para-hydroxylation sites is 1. The third-order valence-electron chi connectivity index (χ3n) is 7.21. The van der Waals surface area contributed by atoms with E-state index >= 15 is 0 Å². The SMILES string of the molecule is CC(C)(C)OC(=O)N1CC[C@@H](n2c(=O)n(-c3ccc(Oc4ccccc4)cc3)c3c(NCc4ccccc4)ncnc32)C1. The molecule has 10 heteroatoms. The molecule has 2 aromatic heterocycles. The molecule has 1 aliphatic rings. The summed E-state index contributed by atoms with van der Waals surface area (Å²) in [4.78, 5) is 37.8. The summed E-state index contributed by atoms with van der Waals surface area (Å²) in [5, 5.41) is 3.41. The fourth-order valence-corrected chi connectivity index (χ4v) is 5.26. The van der Waals surface area contributed by atoms with Gasteiger partial charge in [-0.1, -0.05) is 48.5 Å². The quantitative estimate of drug-likeness (QED) is 0.246. The van der Waals surface area contributed by atoms with Crippen molar-refractivity contribution in [2.45, 2.75) is 45.4 Å². The van der Waals surface area contributed by atoms with Crippen molar-refractivity contribution in [1.82, 2.24) is 24.0 Å². The van der Waals surface area contributed by atoms with Gasteiger partial charge in [-0.25, -0.2) is 19.6 Å². The zero-order valence-electron chi connectivity index (χ0n) is 24.4. The number of carbonyl (C=O) groups is 1. The number of rotatable bonds is 7. The summed E-state index contributed by atoms with van der Waals surface area (Å²) in [6.45, 7) is 6.86. The van der Waals surface area contributed by atoms with Crippen LogP contribution in [0.4, 0.5) is 10.6 Å². The van der Waals surface area contributed by atoms with E-state index < -0.39 is 5.60 Å². The molecule has 1 saturated heterocycles.